The molecule has 0 radical (unpaired) electrons. The molecule has 0 saturated carbocycles. The number of nitrogens with zero attached hydrogens (tertiary/aromatic N) is 1. The molecule has 1 aromatic heterocycles. The number of carbonyl (C=O) groups is 1. The standard InChI is InChI=1S/C28H22F6N2O2/c1-2-3-11-38-21-8-6-7-17(12-21)25-16-23(22-9-4-5-10-24(22)36-25)26(37)35-20-14-18(27(29,30)31)13-19(15-20)28(32,33)34/h4-10,12-16H,2-3,11H2,1H3,(H,35,37). The number of pyridine rings is 1. The highest BCUT2D eigenvalue weighted by Crippen LogP contribution is 2.38. The summed E-state index contributed by atoms with van der Waals surface area (Å²) in [6.45, 7) is 2.56. The number of para-hydroxylation sites is 1. The van der Waals surface area contributed by atoms with Crippen molar-refractivity contribution >= 4 is 22.5 Å². The first-order valence-electron chi connectivity index (χ1n) is 11.7. The summed E-state index contributed by atoms with van der Waals surface area (Å²) >= 11 is 0. The first-order chi connectivity index (χ1) is 18.0. The van der Waals surface area contributed by atoms with Crippen molar-refractivity contribution in [3.63, 3.8) is 0 Å². The van der Waals surface area contributed by atoms with Gasteiger partial charge in [0.05, 0.1) is 34.5 Å². The number of aromatic nitrogens is 1. The van der Waals surface area contributed by atoms with Gasteiger partial charge in [-0.25, -0.2) is 4.98 Å². The third-order valence-electron chi connectivity index (χ3n) is 5.70. The minimum absolute atomic E-state index is 0.00513. The van der Waals surface area contributed by atoms with Gasteiger partial charge in [-0.15, -0.1) is 0 Å². The van der Waals surface area contributed by atoms with Crippen LogP contribution in [0.2, 0.25) is 0 Å². The van der Waals surface area contributed by atoms with Crippen LogP contribution in [0.1, 0.15) is 41.3 Å². The van der Waals surface area contributed by atoms with Crippen molar-refractivity contribution in [2.45, 2.75) is 32.1 Å². The van der Waals surface area contributed by atoms with Crippen molar-refractivity contribution in [3.05, 3.63) is 89.5 Å². The largest absolute Gasteiger partial charge is 0.494 e. The van der Waals surface area contributed by atoms with Crippen molar-refractivity contribution in [2.75, 3.05) is 11.9 Å². The second-order valence-electron chi connectivity index (χ2n) is 8.55. The lowest BCUT2D eigenvalue weighted by Crippen LogP contribution is -2.16. The summed E-state index contributed by atoms with van der Waals surface area (Å²) in [4.78, 5) is 17.8. The zero-order valence-electron chi connectivity index (χ0n) is 20.1. The summed E-state index contributed by atoms with van der Waals surface area (Å²) in [6, 6.07) is 16.0. The van der Waals surface area contributed by atoms with Gasteiger partial charge in [-0.1, -0.05) is 43.7 Å². The number of nitrogens with one attached hydrogen (secondary N) is 1. The Kier molecular flexibility index (Phi) is 7.61. The molecule has 3 aromatic carbocycles. The van der Waals surface area contributed by atoms with E-state index in [2.05, 4.69) is 10.3 Å². The van der Waals surface area contributed by atoms with E-state index in [4.69, 9.17) is 4.74 Å². The molecule has 4 aromatic rings. The summed E-state index contributed by atoms with van der Waals surface area (Å²) in [5.74, 6) is -0.284. The Morgan fingerprint density at radius 3 is 2.21 bits per heavy atom. The molecule has 0 aliphatic carbocycles. The van der Waals surface area contributed by atoms with Gasteiger partial charge in [0.15, 0.2) is 0 Å². The second-order valence-corrected chi connectivity index (χ2v) is 8.55. The van der Waals surface area contributed by atoms with E-state index in [0.717, 1.165) is 12.8 Å². The highest BCUT2D eigenvalue weighted by atomic mass is 19.4. The first kappa shape index (κ1) is 27.0. The second kappa shape index (κ2) is 10.7. The normalized spacial score (nSPS) is 12.0. The number of amides is 1. The average Bonchev–Trinajstić information content (AvgIpc) is 2.87. The fourth-order valence-corrected chi connectivity index (χ4v) is 3.82. The molecular weight excluding hydrogens is 510 g/mol. The van der Waals surface area contributed by atoms with Crippen molar-refractivity contribution in [2.24, 2.45) is 0 Å². The highest BCUT2D eigenvalue weighted by molar-refractivity contribution is 6.13. The van der Waals surface area contributed by atoms with E-state index in [9.17, 15) is 31.1 Å². The fraction of sp³-hybridized carbons (Fsp3) is 0.214. The Bertz CT molecular complexity index is 1430. The Morgan fingerprint density at radius 2 is 1.55 bits per heavy atom. The molecule has 0 unspecified atom stereocenters. The summed E-state index contributed by atoms with van der Waals surface area (Å²) in [7, 11) is 0. The topological polar surface area (TPSA) is 51.2 Å². The van der Waals surface area contributed by atoms with Gasteiger partial charge in [0.25, 0.3) is 5.91 Å². The highest BCUT2D eigenvalue weighted by Gasteiger charge is 2.37. The maximum absolute atomic E-state index is 13.3. The molecule has 1 heterocycles. The Hall–Kier alpha value is -4.08. The number of unbranched alkanes of at least 4 members (excludes halogenated alkanes) is 1. The summed E-state index contributed by atoms with van der Waals surface area (Å²) < 4.78 is 85.4. The fourth-order valence-electron chi connectivity index (χ4n) is 3.82. The van der Waals surface area contributed by atoms with Crippen molar-refractivity contribution in [3.8, 4) is 17.0 Å². The van der Waals surface area contributed by atoms with Crippen LogP contribution in [0.15, 0.2) is 72.8 Å². The van der Waals surface area contributed by atoms with Crippen LogP contribution in [0.4, 0.5) is 32.0 Å². The maximum Gasteiger partial charge on any atom is 0.416 e. The molecule has 10 heteroatoms. The lowest BCUT2D eigenvalue weighted by molar-refractivity contribution is -0.143. The monoisotopic (exact) mass is 532 g/mol. The smallest absolute Gasteiger partial charge is 0.416 e. The number of hydrogen-bond acceptors (Lipinski definition) is 3. The minimum Gasteiger partial charge on any atom is -0.494 e. The predicted octanol–water partition coefficient (Wildman–Crippen LogP) is 8.37. The number of ether oxygens (including phenoxy) is 1. The molecule has 0 aliphatic heterocycles. The van der Waals surface area contributed by atoms with E-state index in [1.165, 1.54) is 6.07 Å². The molecule has 0 spiro atoms. The van der Waals surface area contributed by atoms with E-state index in [0.29, 0.717) is 46.6 Å². The van der Waals surface area contributed by atoms with Crippen LogP contribution < -0.4 is 10.1 Å². The zero-order chi connectivity index (χ0) is 27.5. The molecule has 0 atom stereocenters. The zero-order valence-corrected chi connectivity index (χ0v) is 20.1. The average molecular weight is 532 g/mol. The van der Waals surface area contributed by atoms with Gasteiger partial charge in [-0.2, -0.15) is 26.3 Å². The summed E-state index contributed by atoms with van der Waals surface area (Å²) in [6.07, 6.45) is -8.25. The lowest BCUT2D eigenvalue weighted by atomic mass is 10.0. The maximum atomic E-state index is 13.3. The third-order valence-corrected chi connectivity index (χ3v) is 5.70. The number of benzene rings is 3. The van der Waals surface area contributed by atoms with Gasteiger partial charge < -0.3 is 10.1 Å². The van der Waals surface area contributed by atoms with Crippen LogP contribution in [-0.4, -0.2) is 17.5 Å². The number of rotatable bonds is 7. The lowest BCUT2D eigenvalue weighted by Gasteiger charge is -2.15. The number of fused-ring (bicyclic) bond motifs is 1. The summed E-state index contributed by atoms with van der Waals surface area (Å²) in [5, 5.41) is 2.59. The van der Waals surface area contributed by atoms with Crippen LogP contribution >= 0.6 is 0 Å². The van der Waals surface area contributed by atoms with Crippen LogP contribution in [0, 0.1) is 0 Å². The Morgan fingerprint density at radius 1 is 0.868 bits per heavy atom. The third kappa shape index (κ3) is 6.24. The Labute approximate surface area is 214 Å². The van der Waals surface area contributed by atoms with E-state index in [1.54, 1.807) is 48.5 Å². The van der Waals surface area contributed by atoms with E-state index in [-0.39, 0.29) is 11.6 Å². The van der Waals surface area contributed by atoms with Crippen molar-refractivity contribution < 1.29 is 35.9 Å². The van der Waals surface area contributed by atoms with Crippen LogP contribution in [0.5, 0.6) is 5.75 Å². The van der Waals surface area contributed by atoms with E-state index in [1.807, 2.05) is 6.92 Å². The van der Waals surface area contributed by atoms with E-state index >= 15 is 0 Å². The van der Waals surface area contributed by atoms with Gasteiger partial charge in [0.1, 0.15) is 5.75 Å². The van der Waals surface area contributed by atoms with Gasteiger partial charge in [0, 0.05) is 16.6 Å². The molecule has 1 N–H and O–H groups in total. The first-order valence-corrected chi connectivity index (χ1v) is 11.7. The molecular formula is C28H22F6N2O2. The molecule has 4 rings (SSSR count). The molecule has 0 saturated heterocycles. The van der Waals surface area contributed by atoms with Gasteiger partial charge in [-0.05, 0) is 48.9 Å². The molecule has 0 aliphatic rings. The van der Waals surface area contributed by atoms with Crippen LogP contribution in [-0.2, 0) is 12.4 Å². The van der Waals surface area contributed by atoms with Gasteiger partial charge in [0.2, 0.25) is 0 Å². The predicted molar refractivity (Wildman–Crippen MR) is 132 cm³/mol. The molecule has 1 amide bonds. The Balaban J connectivity index is 1.75. The molecule has 198 valence electrons. The van der Waals surface area contributed by atoms with E-state index < -0.39 is 35.1 Å². The number of halogens is 6. The van der Waals surface area contributed by atoms with Crippen molar-refractivity contribution in [1.29, 1.82) is 0 Å². The van der Waals surface area contributed by atoms with Gasteiger partial charge in [-0.3, -0.25) is 4.79 Å². The number of hydrogen-bond donors (Lipinski definition) is 1. The van der Waals surface area contributed by atoms with Crippen LogP contribution in [0.3, 0.4) is 0 Å². The van der Waals surface area contributed by atoms with Crippen molar-refractivity contribution in [1.82, 2.24) is 4.98 Å². The SMILES string of the molecule is CCCCOc1cccc(-c2cc(C(=O)Nc3cc(C(F)(F)F)cc(C(F)(F)F)c3)c3ccccc3n2)c1. The quantitative estimate of drug-likeness (QED) is 0.192. The molecule has 0 fully saturated rings. The van der Waals surface area contributed by atoms with Gasteiger partial charge >= 0.3 is 12.4 Å². The molecule has 4 nitrogen and oxygen atoms in total. The minimum atomic E-state index is -5.04. The van der Waals surface area contributed by atoms with Crippen LogP contribution in [0.25, 0.3) is 22.2 Å². The molecule has 0 bridgehead atoms. The number of anilines is 1. The summed E-state index contributed by atoms with van der Waals surface area (Å²) in [5.41, 5.74) is -2.22. The number of carbonyl (C=O) groups excluding carboxylic acids is 1. The molecule has 38 heavy (non-hydrogen) atoms. The number of alkyl halides is 6.